The third-order valence-corrected chi connectivity index (χ3v) is 1.46. The lowest BCUT2D eigenvalue weighted by Crippen LogP contribution is -2.43. The van der Waals surface area contributed by atoms with E-state index in [0.29, 0.717) is 6.54 Å². The van der Waals surface area contributed by atoms with E-state index in [-0.39, 0.29) is 12.2 Å². The zero-order valence-corrected chi connectivity index (χ0v) is 5.42. The van der Waals surface area contributed by atoms with Gasteiger partial charge in [-0.2, -0.15) is 0 Å². The number of likely N-dealkylation sites (N-methyl/N-ethyl adjacent to an activating group) is 1. The van der Waals surface area contributed by atoms with Gasteiger partial charge in [0.15, 0.2) is 0 Å². The lowest BCUT2D eigenvalue weighted by Gasteiger charge is -2.15. The van der Waals surface area contributed by atoms with Gasteiger partial charge in [-0.25, -0.2) is 0 Å². The maximum Gasteiger partial charge on any atom is 0.236 e. The van der Waals surface area contributed by atoms with Gasteiger partial charge in [0.25, 0.3) is 0 Å². The molecule has 9 heavy (non-hydrogen) atoms. The maximum atomic E-state index is 10.6. The zero-order chi connectivity index (χ0) is 6.85. The van der Waals surface area contributed by atoms with Crippen molar-refractivity contribution >= 4 is 5.91 Å². The third kappa shape index (κ3) is 1.20. The van der Waals surface area contributed by atoms with Crippen LogP contribution in [0.5, 0.6) is 0 Å². The van der Waals surface area contributed by atoms with Crippen LogP contribution in [0.4, 0.5) is 0 Å². The highest BCUT2D eigenvalue weighted by molar-refractivity contribution is 5.80. The van der Waals surface area contributed by atoms with E-state index < -0.39 is 0 Å². The number of nitrogens with two attached hydrogens (primary N) is 1. The van der Waals surface area contributed by atoms with Gasteiger partial charge in [-0.3, -0.25) is 15.4 Å². The van der Waals surface area contributed by atoms with E-state index in [1.807, 2.05) is 11.8 Å². The van der Waals surface area contributed by atoms with Crippen LogP contribution in [-0.2, 0) is 4.79 Å². The molecule has 0 bridgehead atoms. The molecule has 4 nitrogen and oxygen atoms in total. The third-order valence-electron chi connectivity index (χ3n) is 1.46. The van der Waals surface area contributed by atoms with E-state index in [1.165, 1.54) is 0 Å². The van der Waals surface area contributed by atoms with Crippen molar-refractivity contribution in [1.29, 1.82) is 0 Å². The average Bonchev–Trinajstić information content (AvgIpc) is 2.10. The van der Waals surface area contributed by atoms with Crippen molar-refractivity contribution in [2.45, 2.75) is 13.2 Å². The summed E-state index contributed by atoms with van der Waals surface area (Å²) in [7, 11) is 0. The monoisotopic (exact) mass is 129 g/mol. The van der Waals surface area contributed by atoms with E-state index in [2.05, 4.69) is 5.32 Å². The summed E-state index contributed by atoms with van der Waals surface area (Å²) in [4.78, 5) is 12.5. The number of nitrogens with one attached hydrogen (secondary N) is 1. The molecule has 1 fully saturated rings. The molecule has 0 aromatic rings. The van der Waals surface area contributed by atoms with Crippen LogP contribution in [0.3, 0.4) is 0 Å². The van der Waals surface area contributed by atoms with Crippen molar-refractivity contribution in [1.82, 2.24) is 10.2 Å². The van der Waals surface area contributed by atoms with Gasteiger partial charge in [0, 0.05) is 0 Å². The highest BCUT2D eigenvalue weighted by Gasteiger charge is 2.24. The van der Waals surface area contributed by atoms with E-state index in [0.717, 1.165) is 6.54 Å². The van der Waals surface area contributed by atoms with Crippen molar-refractivity contribution in [2.24, 2.45) is 5.73 Å². The SMILES string of the molecule is CCN1CC(=O)NC1N. The second kappa shape index (κ2) is 2.33. The Balaban J connectivity index is 2.47. The van der Waals surface area contributed by atoms with Crippen LogP contribution < -0.4 is 11.1 Å². The van der Waals surface area contributed by atoms with E-state index in [4.69, 9.17) is 5.73 Å². The highest BCUT2D eigenvalue weighted by Crippen LogP contribution is 1.96. The Hall–Kier alpha value is -0.610. The van der Waals surface area contributed by atoms with Gasteiger partial charge >= 0.3 is 0 Å². The molecule has 1 amide bonds. The first-order valence-electron chi connectivity index (χ1n) is 3.03. The first kappa shape index (κ1) is 6.51. The molecule has 1 saturated heterocycles. The minimum atomic E-state index is -0.262. The molecule has 0 spiro atoms. The molecule has 1 aliphatic rings. The lowest BCUT2D eigenvalue weighted by molar-refractivity contribution is -0.118. The quantitative estimate of drug-likeness (QED) is 0.461. The molecule has 1 unspecified atom stereocenters. The standard InChI is InChI=1S/C5H11N3O/c1-2-8-3-4(9)7-5(8)6/h5H,2-3,6H2,1H3,(H,7,9). The summed E-state index contributed by atoms with van der Waals surface area (Å²) in [6, 6.07) is 0. The molecule has 1 aliphatic heterocycles. The van der Waals surface area contributed by atoms with Crippen molar-refractivity contribution in [3.8, 4) is 0 Å². The maximum absolute atomic E-state index is 10.6. The normalized spacial score (nSPS) is 28.7. The summed E-state index contributed by atoms with van der Waals surface area (Å²) in [6.07, 6.45) is -0.262. The molecule has 3 N–H and O–H groups in total. The predicted molar refractivity (Wildman–Crippen MR) is 33.4 cm³/mol. The molecule has 1 atom stereocenters. The number of amides is 1. The predicted octanol–water partition coefficient (Wildman–Crippen LogP) is -1.32. The van der Waals surface area contributed by atoms with Crippen LogP contribution in [-0.4, -0.2) is 30.2 Å². The van der Waals surface area contributed by atoms with Gasteiger partial charge in [-0.05, 0) is 6.54 Å². The fraction of sp³-hybridized carbons (Fsp3) is 0.800. The molecule has 0 aromatic carbocycles. The molecule has 1 rings (SSSR count). The Morgan fingerprint density at radius 1 is 2.00 bits per heavy atom. The van der Waals surface area contributed by atoms with Gasteiger partial charge in [0.2, 0.25) is 5.91 Å². The van der Waals surface area contributed by atoms with Gasteiger partial charge in [-0.15, -0.1) is 0 Å². The van der Waals surface area contributed by atoms with E-state index in [1.54, 1.807) is 0 Å². The summed E-state index contributed by atoms with van der Waals surface area (Å²) in [6.45, 7) is 3.23. The van der Waals surface area contributed by atoms with Crippen LogP contribution in [0.15, 0.2) is 0 Å². The number of carbonyl (C=O) groups excluding carboxylic acids is 1. The minimum absolute atomic E-state index is 0.0179. The average molecular weight is 129 g/mol. The molecule has 1 heterocycles. The molecule has 0 radical (unpaired) electrons. The second-order valence-electron chi connectivity index (χ2n) is 2.08. The van der Waals surface area contributed by atoms with E-state index >= 15 is 0 Å². The van der Waals surface area contributed by atoms with Crippen molar-refractivity contribution in [3.63, 3.8) is 0 Å². The number of rotatable bonds is 1. The smallest absolute Gasteiger partial charge is 0.236 e. The topological polar surface area (TPSA) is 58.4 Å². The summed E-state index contributed by atoms with van der Waals surface area (Å²) < 4.78 is 0. The summed E-state index contributed by atoms with van der Waals surface area (Å²) in [5.41, 5.74) is 5.47. The number of carbonyl (C=O) groups is 1. The van der Waals surface area contributed by atoms with Gasteiger partial charge in [-0.1, -0.05) is 6.92 Å². The largest absolute Gasteiger partial charge is 0.327 e. The Morgan fingerprint density at radius 3 is 2.89 bits per heavy atom. The Morgan fingerprint density at radius 2 is 2.67 bits per heavy atom. The van der Waals surface area contributed by atoms with Crippen LogP contribution >= 0.6 is 0 Å². The van der Waals surface area contributed by atoms with Crippen molar-refractivity contribution in [3.05, 3.63) is 0 Å². The highest BCUT2D eigenvalue weighted by atomic mass is 16.2. The molecule has 0 saturated carbocycles. The van der Waals surface area contributed by atoms with Crippen molar-refractivity contribution < 1.29 is 4.79 Å². The zero-order valence-electron chi connectivity index (χ0n) is 5.42. The van der Waals surface area contributed by atoms with Crippen LogP contribution in [0.2, 0.25) is 0 Å². The van der Waals surface area contributed by atoms with Crippen molar-refractivity contribution in [2.75, 3.05) is 13.1 Å². The lowest BCUT2D eigenvalue weighted by atomic mass is 10.5. The summed E-state index contributed by atoms with van der Waals surface area (Å²) in [5.74, 6) is 0.0179. The van der Waals surface area contributed by atoms with Gasteiger partial charge < -0.3 is 5.32 Å². The molecular formula is C5H11N3O. The first-order valence-corrected chi connectivity index (χ1v) is 3.03. The van der Waals surface area contributed by atoms with E-state index in [9.17, 15) is 4.79 Å². The number of hydrogen-bond acceptors (Lipinski definition) is 3. The Kier molecular flexibility index (Phi) is 1.68. The van der Waals surface area contributed by atoms with Crippen LogP contribution in [0.25, 0.3) is 0 Å². The van der Waals surface area contributed by atoms with Crippen LogP contribution in [0, 0.1) is 0 Å². The van der Waals surface area contributed by atoms with Gasteiger partial charge in [0.05, 0.1) is 6.54 Å². The first-order chi connectivity index (χ1) is 4.24. The molecule has 52 valence electrons. The minimum Gasteiger partial charge on any atom is -0.327 e. The molecular weight excluding hydrogens is 118 g/mol. The number of nitrogens with zero attached hydrogens (tertiary/aromatic N) is 1. The fourth-order valence-electron chi connectivity index (χ4n) is 0.893. The number of hydrogen-bond donors (Lipinski definition) is 2. The summed E-state index contributed by atoms with van der Waals surface area (Å²) >= 11 is 0. The summed E-state index contributed by atoms with van der Waals surface area (Å²) in [5, 5.41) is 2.58. The van der Waals surface area contributed by atoms with Crippen LogP contribution in [0.1, 0.15) is 6.92 Å². The Labute approximate surface area is 54.0 Å². The molecule has 4 heteroatoms. The molecule has 0 aromatic heterocycles. The van der Waals surface area contributed by atoms with Gasteiger partial charge in [0.1, 0.15) is 6.29 Å². The fourth-order valence-corrected chi connectivity index (χ4v) is 0.893. The second-order valence-corrected chi connectivity index (χ2v) is 2.08. The Bertz CT molecular complexity index is 125. The molecule has 0 aliphatic carbocycles.